The first-order chi connectivity index (χ1) is 26.7. The first-order valence-electron chi connectivity index (χ1n) is 18.0. The van der Waals surface area contributed by atoms with Crippen molar-refractivity contribution < 1.29 is 4.42 Å². The fourth-order valence-corrected chi connectivity index (χ4v) is 8.94. The van der Waals surface area contributed by atoms with Gasteiger partial charge in [-0.2, -0.15) is 0 Å². The number of rotatable bonds is 5. The molecule has 0 saturated carbocycles. The maximum Gasteiger partial charge on any atom is 0.160 e. The van der Waals surface area contributed by atoms with Crippen LogP contribution in [0.15, 0.2) is 180 Å². The van der Waals surface area contributed by atoms with Gasteiger partial charge in [0.25, 0.3) is 0 Å². The molecule has 0 saturated heterocycles. The third kappa shape index (κ3) is 5.01. The standard InChI is InChI=1S/C49H29N3OS/c1-2-12-30(13-3-1)41-29-42(34-15-10-14-33(28-34)35-19-11-20-37-36-16-6-9-23-44(36)54-48(35)37)52-49(51-41)32-26-24-31(25-27-32)46-45-39-18-5-8-22-43(39)53-47(45)38-17-4-7-21-40(38)50-46/h1-29H. The van der Waals surface area contributed by atoms with E-state index in [1.54, 1.807) is 0 Å². The zero-order chi connectivity index (χ0) is 35.6. The molecule has 4 nitrogen and oxygen atoms in total. The molecule has 4 heterocycles. The highest BCUT2D eigenvalue weighted by molar-refractivity contribution is 7.26. The average Bonchev–Trinajstić information content (AvgIpc) is 3.83. The fourth-order valence-electron chi connectivity index (χ4n) is 7.70. The molecular formula is C49H29N3OS. The number of aromatic nitrogens is 3. The van der Waals surface area contributed by atoms with Crippen LogP contribution < -0.4 is 0 Å². The van der Waals surface area contributed by atoms with Crippen LogP contribution in [0.1, 0.15) is 0 Å². The molecule has 5 heteroatoms. The van der Waals surface area contributed by atoms with Crippen molar-refractivity contribution in [2.24, 2.45) is 0 Å². The molecule has 0 atom stereocenters. The van der Waals surface area contributed by atoms with Crippen molar-refractivity contribution >= 4 is 64.4 Å². The lowest BCUT2D eigenvalue weighted by atomic mass is 9.99. The van der Waals surface area contributed by atoms with Crippen molar-refractivity contribution in [1.29, 1.82) is 0 Å². The molecule has 11 aromatic rings. The van der Waals surface area contributed by atoms with Gasteiger partial charge in [0.05, 0.1) is 28.0 Å². The van der Waals surface area contributed by atoms with Gasteiger partial charge in [0.2, 0.25) is 0 Å². The van der Waals surface area contributed by atoms with Crippen LogP contribution in [0, 0.1) is 0 Å². The lowest BCUT2D eigenvalue weighted by Gasteiger charge is -2.12. The molecule has 0 radical (unpaired) electrons. The van der Waals surface area contributed by atoms with Gasteiger partial charge in [0.1, 0.15) is 11.2 Å². The monoisotopic (exact) mass is 707 g/mol. The Morgan fingerprint density at radius 1 is 0.426 bits per heavy atom. The van der Waals surface area contributed by atoms with Crippen molar-refractivity contribution in [3.8, 4) is 56.3 Å². The molecule has 0 N–H and O–H groups in total. The first kappa shape index (κ1) is 30.7. The quantitative estimate of drug-likeness (QED) is 0.179. The average molecular weight is 708 g/mol. The number of fused-ring (bicyclic) bond motifs is 8. The number of hydrogen-bond acceptors (Lipinski definition) is 5. The van der Waals surface area contributed by atoms with E-state index >= 15 is 0 Å². The predicted molar refractivity (Wildman–Crippen MR) is 225 cm³/mol. The molecule has 7 aromatic carbocycles. The Kier molecular flexibility index (Phi) is 7.00. The Bertz CT molecular complexity index is 3220. The van der Waals surface area contributed by atoms with E-state index in [-0.39, 0.29) is 0 Å². The molecule has 0 aliphatic rings. The lowest BCUT2D eigenvalue weighted by molar-refractivity contribution is 0.672. The predicted octanol–water partition coefficient (Wildman–Crippen LogP) is 13.6. The van der Waals surface area contributed by atoms with E-state index in [1.165, 1.54) is 25.7 Å². The molecule has 0 spiro atoms. The smallest absolute Gasteiger partial charge is 0.160 e. The van der Waals surface area contributed by atoms with Crippen molar-refractivity contribution in [2.45, 2.75) is 0 Å². The normalized spacial score (nSPS) is 11.7. The summed E-state index contributed by atoms with van der Waals surface area (Å²) in [6.07, 6.45) is 0. The summed E-state index contributed by atoms with van der Waals surface area (Å²) in [5, 5.41) is 5.67. The fraction of sp³-hybridized carbons (Fsp3) is 0. The lowest BCUT2D eigenvalue weighted by Crippen LogP contribution is -1.96. The number of nitrogens with zero attached hydrogens (tertiary/aromatic N) is 3. The number of thiophene rings is 1. The summed E-state index contributed by atoms with van der Waals surface area (Å²) in [4.78, 5) is 15.5. The van der Waals surface area contributed by atoms with Crippen LogP contribution in [0.3, 0.4) is 0 Å². The van der Waals surface area contributed by atoms with Gasteiger partial charge >= 0.3 is 0 Å². The van der Waals surface area contributed by atoms with Gasteiger partial charge in [-0.15, -0.1) is 11.3 Å². The van der Waals surface area contributed by atoms with Crippen LogP contribution in [0.5, 0.6) is 0 Å². The number of para-hydroxylation sites is 2. The SMILES string of the molecule is c1ccc(-c2cc(-c3cccc(-c4cccc5c4sc4ccccc45)c3)nc(-c3ccc(-c4nc5ccccc5c5oc6ccccc6c45)cc3)n2)cc1. The number of furan rings is 1. The van der Waals surface area contributed by atoms with E-state index in [2.05, 4.69) is 133 Å². The molecule has 0 unspecified atom stereocenters. The number of benzene rings is 7. The molecule has 0 amide bonds. The molecule has 54 heavy (non-hydrogen) atoms. The summed E-state index contributed by atoms with van der Waals surface area (Å²) < 4.78 is 9.04. The molecular weight excluding hydrogens is 679 g/mol. The van der Waals surface area contributed by atoms with Crippen LogP contribution in [0.4, 0.5) is 0 Å². The van der Waals surface area contributed by atoms with Crippen LogP contribution >= 0.6 is 11.3 Å². The third-order valence-corrected chi connectivity index (χ3v) is 11.5. The Balaban J connectivity index is 1.04. The molecule has 0 aliphatic carbocycles. The van der Waals surface area contributed by atoms with Gasteiger partial charge in [-0.25, -0.2) is 15.0 Å². The van der Waals surface area contributed by atoms with E-state index in [9.17, 15) is 0 Å². The largest absolute Gasteiger partial charge is 0.455 e. The van der Waals surface area contributed by atoms with Gasteiger partial charge in [-0.05, 0) is 47.5 Å². The second kappa shape index (κ2) is 12.3. The summed E-state index contributed by atoms with van der Waals surface area (Å²) in [5.74, 6) is 0.667. The second-order valence-corrected chi connectivity index (χ2v) is 14.6. The zero-order valence-corrected chi connectivity index (χ0v) is 29.7. The molecule has 0 bridgehead atoms. The minimum Gasteiger partial charge on any atom is -0.455 e. The first-order valence-corrected chi connectivity index (χ1v) is 18.8. The molecule has 0 fully saturated rings. The summed E-state index contributed by atoms with van der Waals surface area (Å²) in [6, 6.07) is 61.3. The minimum absolute atomic E-state index is 0.667. The van der Waals surface area contributed by atoms with E-state index in [4.69, 9.17) is 19.4 Å². The molecule has 4 aromatic heterocycles. The van der Waals surface area contributed by atoms with Gasteiger partial charge in [0.15, 0.2) is 5.82 Å². The second-order valence-electron chi connectivity index (χ2n) is 13.5. The van der Waals surface area contributed by atoms with E-state index in [0.29, 0.717) is 5.82 Å². The molecule has 0 aliphatic heterocycles. The summed E-state index contributed by atoms with van der Waals surface area (Å²) in [5.41, 5.74) is 11.7. The van der Waals surface area contributed by atoms with Crippen LogP contribution in [-0.2, 0) is 0 Å². The summed E-state index contributed by atoms with van der Waals surface area (Å²) >= 11 is 1.85. The van der Waals surface area contributed by atoms with Gasteiger partial charge in [0, 0.05) is 53.2 Å². The number of pyridine rings is 1. The third-order valence-electron chi connectivity index (χ3n) is 10.3. The van der Waals surface area contributed by atoms with Gasteiger partial charge in [-0.3, -0.25) is 0 Å². The minimum atomic E-state index is 0.667. The highest BCUT2D eigenvalue weighted by Gasteiger charge is 2.19. The van der Waals surface area contributed by atoms with Crippen LogP contribution in [0.25, 0.3) is 109 Å². The summed E-state index contributed by atoms with van der Waals surface area (Å²) in [7, 11) is 0. The molecule has 11 rings (SSSR count). The summed E-state index contributed by atoms with van der Waals surface area (Å²) in [6.45, 7) is 0. The molecule has 252 valence electrons. The van der Waals surface area contributed by atoms with Crippen LogP contribution in [-0.4, -0.2) is 15.0 Å². The van der Waals surface area contributed by atoms with E-state index in [1.807, 2.05) is 53.8 Å². The Morgan fingerprint density at radius 3 is 1.94 bits per heavy atom. The highest BCUT2D eigenvalue weighted by Crippen LogP contribution is 2.42. The van der Waals surface area contributed by atoms with Gasteiger partial charge in [-0.1, -0.05) is 140 Å². The van der Waals surface area contributed by atoms with Crippen molar-refractivity contribution in [3.63, 3.8) is 0 Å². The van der Waals surface area contributed by atoms with Crippen LogP contribution in [0.2, 0.25) is 0 Å². The highest BCUT2D eigenvalue weighted by atomic mass is 32.1. The number of hydrogen-bond donors (Lipinski definition) is 0. The topological polar surface area (TPSA) is 51.8 Å². The Hall–Kier alpha value is -6.95. The van der Waals surface area contributed by atoms with Crippen molar-refractivity contribution in [2.75, 3.05) is 0 Å². The maximum atomic E-state index is 6.44. The van der Waals surface area contributed by atoms with Crippen molar-refractivity contribution in [1.82, 2.24) is 15.0 Å². The maximum absolute atomic E-state index is 6.44. The van der Waals surface area contributed by atoms with E-state index in [0.717, 1.165) is 77.7 Å². The zero-order valence-electron chi connectivity index (χ0n) is 28.9. The Labute approximate surface area is 314 Å². The Morgan fingerprint density at radius 2 is 1.07 bits per heavy atom. The van der Waals surface area contributed by atoms with Gasteiger partial charge < -0.3 is 4.42 Å². The van der Waals surface area contributed by atoms with Crippen molar-refractivity contribution in [3.05, 3.63) is 176 Å². The van der Waals surface area contributed by atoms with E-state index < -0.39 is 0 Å².